The van der Waals surface area contributed by atoms with Crippen LogP contribution in [0.25, 0.3) is 0 Å². The molecule has 0 fully saturated rings. The molecule has 2 aromatic carbocycles. The van der Waals surface area contributed by atoms with Gasteiger partial charge in [-0.05, 0) is 47.7 Å². The molecule has 1 aliphatic rings. The van der Waals surface area contributed by atoms with Crippen LogP contribution in [0.3, 0.4) is 0 Å². The third-order valence-electron chi connectivity index (χ3n) is 4.26. The van der Waals surface area contributed by atoms with Crippen molar-refractivity contribution in [2.24, 2.45) is 0 Å². The molecule has 0 unspecified atom stereocenters. The average Bonchev–Trinajstić information content (AvgIpc) is 2.98. The van der Waals surface area contributed by atoms with Gasteiger partial charge in [0.2, 0.25) is 0 Å². The summed E-state index contributed by atoms with van der Waals surface area (Å²) < 4.78 is 33.0. The highest BCUT2D eigenvalue weighted by molar-refractivity contribution is 7.92. The van der Waals surface area contributed by atoms with E-state index in [1.54, 1.807) is 25.3 Å². The van der Waals surface area contributed by atoms with E-state index in [-0.39, 0.29) is 5.92 Å². The molecule has 0 aromatic heterocycles. The van der Waals surface area contributed by atoms with Gasteiger partial charge in [0.1, 0.15) is 5.75 Å². The summed E-state index contributed by atoms with van der Waals surface area (Å²) in [6, 6.07) is 12.8. The molecule has 0 N–H and O–H groups in total. The summed E-state index contributed by atoms with van der Waals surface area (Å²) in [5, 5.41) is 0. The van der Waals surface area contributed by atoms with Crippen LogP contribution in [0.2, 0.25) is 0 Å². The minimum atomic E-state index is -3.56. The number of ether oxygens (including phenoxy) is 1. The van der Waals surface area contributed by atoms with Gasteiger partial charge in [0.05, 0.1) is 17.7 Å². The quantitative estimate of drug-likeness (QED) is 0.860. The van der Waals surface area contributed by atoms with Gasteiger partial charge in [-0.1, -0.05) is 32.0 Å². The predicted octanol–water partition coefficient (Wildman–Crippen LogP) is 3.57. The lowest BCUT2D eigenvalue weighted by atomic mass is 10.0. The topological polar surface area (TPSA) is 46.6 Å². The number of hydrogen-bond donors (Lipinski definition) is 0. The van der Waals surface area contributed by atoms with Crippen LogP contribution in [-0.4, -0.2) is 22.1 Å². The maximum atomic E-state index is 13.1. The van der Waals surface area contributed by atoms with Crippen molar-refractivity contribution in [1.82, 2.24) is 0 Å². The van der Waals surface area contributed by atoms with Crippen molar-refractivity contribution in [3.8, 4) is 5.75 Å². The Hall–Kier alpha value is -2.01. The molecule has 122 valence electrons. The monoisotopic (exact) mass is 331 g/mol. The number of anilines is 1. The summed E-state index contributed by atoms with van der Waals surface area (Å²) in [5.74, 6) is 0.909. The number of hydrogen-bond acceptors (Lipinski definition) is 3. The fourth-order valence-electron chi connectivity index (χ4n) is 3.01. The molecular weight excluding hydrogens is 310 g/mol. The van der Waals surface area contributed by atoms with Crippen LogP contribution in [0.4, 0.5) is 5.69 Å². The average molecular weight is 331 g/mol. The molecule has 0 atom stereocenters. The van der Waals surface area contributed by atoms with Gasteiger partial charge in [0.25, 0.3) is 10.0 Å². The Labute approximate surface area is 137 Å². The summed E-state index contributed by atoms with van der Waals surface area (Å²) in [6.45, 7) is 4.55. The molecule has 23 heavy (non-hydrogen) atoms. The second-order valence-corrected chi connectivity index (χ2v) is 7.88. The van der Waals surface area contributed by atoms with Crippen molar-refractivity contribution in [2.45, 2.75) is 31.1 Å². The lowest BCUT2D eigenvalue weighted by molar-refractivity contribution is 0.407. The van der Waals surface area contributed by atoms with Gasteiger partial charge in [-0.2, -0.15) is 0 Å². The first-order valence-electron chi connectivity index (χ1n) is 7.73. The SMILES string of the molecule is COc1ccc(S(=O)(=O)N2CCc3ccccc32)cc1C(C)C. The van der Waals surface area contributed by atoms with Crippen LogP contribution in [-0.2, 0) is 16.4 Å². The van der Waals surface area contributed by atoms with Gasteiger partial charge in [-0.25, -0.2) is 8.42 Å². The molecule has 1 aliphatic heterocycles. The molecule has 0 saturated heterocycles. The smallest absolute Gasteiger partial charge is 0.264 e. The molecule has 4 nitrogen and oxygen atoms in total. The maximum absolute atomic E-state index is 13.1. The molecule has 0 bridgehead atoms. The van der Waals surface area contributed by atoms with E-state index >= 15 is 0 Å². The van der Waals surface area contributed by atoms with Gasteiger partial charge < -0.3 is 4.74 Å². The Balaban J connectivity index is 2.06. The highest BCUT2D eigenvalue weighted by Gasteiger charge is 2.31. The van der Waals surface area contributed by atoms with Crippen molar-refractivity contribution in [1.29, 1.82) is 0 Å². The molecule has 0 saturated carbocycles. The van der Waals surface area contributed by atoms with Gasteiger partial charge in [0, 0.05) is 6.54 Å². The van der Waals surface area contributed by atoms with Crippen LogP contribution in [0.15, 0.2) is 47.4 Å². The molecule has 3 rings (SSSR count). The number of nitrogens with zero attached hydrogens (tertiary/aromatic N) is 1. The lowest BCUT2D eigenvalue weighted by Crippen LogP contribution is -2.29. The Kier molecular flexibility index (Phi) is 4.06. The third kappa shape index (κ3) is 2.70. The Morgan fingerprint density at radius 3 is 2.57 bits per heavy atom. The van der Waals surface area contributed by atoms with Gasteiger partial charge in [-0.3, -0.25) is 4.31 Å². The number of para-hydroxylation sites is 1. The molecule has 2 aromatic rings. The Bertz CT molecular complexity index is 828. The zero-order valence-electron chi connectivity index (χ0n) is 13.6. The van der Waals surface area contributed by atoms with Gasteiger partial charge >= 0.3 is 0 Å². The lowest BCUT2D eigenvalue weighted by Gasteiger charge is -2.21. The van der Waals surface area contributed by atoms with E-state index < -0.39 is 10.0 Å². The van der Waals surface area contributed by atoms with E-state index in [1.165, 1.54) is 4.31 Å². The predicted molar refractivity (Wildman–Crippen MR) is 91.8 cm³/mol. The number of benzene rings is 2. The molecule has 0 radical (unpaired) electrons. The minimum absolute atomic E-state index is 0.186. The van der Waals surface area contributed by atoms with Gasteiger partial charge in [-0.15, -0.1) is 0 Å². The highest BCUT2D eigenvalue weighted by atomic mass is 32.2. The van der Waals surface area contributed by atoms with Crippen molar-refractivity contribution in [2.75, 3.05) is 18.0 Å². The fourth-order valence-corrected chi connectivity index (χ4v) is 4.55. The van der Waals surface area contributed by atoms with E-state index in [1.807, 2.05) is 38.1 Å². The van der Waals surface area contributed by atoms with Crippen LogP contribution in [0.5, 0.6) is 5.75 Å². The van der Waals surface area contributed by atoms with E-state index in [4.69, 9.17) is 4.74 Å². The van der Waals surface area contributed by atoms with Gasteiger partial charge in [0.15, 0.2) is 0 Å². The number of rotatable bonds is 4. The third-order valence-corrected chi connectivity index (χ3v) is 6.06. The van der Waals surface area contributed by atoms with Crippen molar-refractivity contribution in [3.05, 3.63) is 53.6 Å². The molecule has 0 amide bonds. The van der Waals surface area contributed by atoms with Crippen LogP contribution in [0.1, 0.15) is 30.9 Å². The van der Waals surface area contributed by atoms with Crippen molar-refractivity contribution >= 4 is 15.7 Å². The molecule has 0 spiro atoms. The maximum Gasteiger partial charge on any atom is 0.264 e. The van der Waals surface area contributed by atoms with E-state index in [2.05, 4.69) is 0 Å². The first-order chi connectivity index (χ1) is 10.9. The standard InChI is InChI=1S/C18H21NO3S/c1-13(2)16-12-15(8-9-18(16)22-3)23(20,21)19-11-10-14-6-4-5-7-17(14)19/h4-9,12-13H,10-11H2,1-3H3. The number of sulfonamides is 1. The van der Waals surface area contributed by atoms with Crippen molar-refractivity contribution in [3.63, 3.8) is 0 Å². The Morgan fingerprint density at radius 1 is 1.13 bits per heavy atom. The highest BCUT2D eigenvalue weighted by Crippen LogP contribution is 2.35. The van der Waals surface area contributed by atoms with E-state index in [9.17, 15) is 8.42 Å². The molecule has 0 aliphatic carbocycles. The zero-order valence-corrected chi connectivity index (χ0v) is 14.4. The van der Waals surface area contributed by atoms with Crippen LogP contribution < -0.4 is 9.04 Å². The minimum Gasteiger partial charge on any atom is -0.496 e. The zero-order chi connectivity index (χ0) is 16.6. The van der Waals surface area contributed by atoms with Crippen LogP contribution >= 0.6 is 0 Å². The van der Waals surface area contributed by atoms with Crippen LogP contribution in [0, 0.1) is 0 Å². The normalized spacial score (nSPS) is 14.2. The fraction of sp³-hybridized carbons (Fsp3) is 0.333. The molecular formula is C18H21NO3S. The summed E-state index contributed by atoms with van der Waals surface area (Å²) in [5.41, 5.74) is 2.77. The largest absolute Gasteiger partial charge is 0.496 e. The van der Waals surface area contributed by atoms with Crippen molar-refractivity contribution < 1.29 is 13.2 Å². The second-order valence-electron chi connectivity index (χ2n) is 6.01. The summed E-state index contributed by atoms with van der Waals surface area (Å²) in [4.78, 5) is 0.318. The van der Waals surface area contributed by atoms with E-state index in [0.29, 0.717) is 11.4 Å². The summed E-state index contributed by atoms with van der Waals surface area (Å²) in [6.07, 6.45) is 0.753. The molecule has 5 heteroatoms. The second kappa shape index (κ2) is 5.89. The first kappa shape index (κ1) is 15.9. The summed E-state index contributed by atoms with van der Waals surface area (Å²) >= 11 is 0. The number of methoxy groups -OCH3 is 1. The first-order valence-corrected chi connectivity index (χ1v) is 9.17. The molecule has 1 heterocycles. The van der Waals surface area contributed by atoms with E-state index in [0.717, 1.165) is 29.0 Å². The Morgan fingerprint density at radius 2 is 1.87 bits per heavy atom. The summed E-state index contributed by atoms with van der Waals surface area (Å²) in [7, 11) is -1.95. The number of fused-ring (bicyclic) bond motifs is 1.